The molecule has 0 aromatic carbocycles. The van der Waals surface area contributed by atoms with Crippen LogP contribution in [0, 0.1) is 12.3 Å². The van der Waals surface area contributed by atoms with Gasteiger partial charge in [-0.1, -0.05) is 13.3 Å². The van der Waals surface area contributed by atoms with E-state index in [0.29, 0.717) is 11.0 Å². The molecule has 94 valence electrons. The van der Waals surface area contributed by atoms with E-state index in [1.165, 1.54) is 19.3 Å². The number of carbonyl (C=O) groups is 1. The lowest BCUT2D eigenvalue weighted by Crippen LogP contribution is -2.41. The van der Waals surface area contributed by atoms with Crippen molar-refractivity contribution < 1.29 is 4.79 Å². The summed E-state index contributed by atoms with van der Waals surface area (Å²) in [5.41, 5.74) is 7.18. The molecule has 0 atom stereocenters. The molecule has 1 aliphatic rings. The molecule has 0 bridgehead atoms. The van der Waals surface area contributed by atoms with Crippen molar-refractivity contribution >= 4 is 11.7 Å². The van der Waals surface area contributed by atoms with Crippen LogP contribution in [0.2, 0.25) is 0 Å². The van der Waals surface area contributed by atoms with E-state index in [-0.39, 0.29) is 11.7 Å². The standard InChI is InChI=1S/C12H20N4O/c1-3-12(5-4-6-12)7-14-11(17)9-8(2)15-16-10(9)13/h3-7H2,1-2H3,(H,14,17)(H3,13,15,16). The molecule has 0 unspecified atom stereocenters. The number of nitrogens with two attached hydrogens (primary N) is 1. The van der Waals surface area contributed by atoms with Gasteiger partial charge in [0.1, 0.15) is 5.56 Å². The van der Waals surface area contributed by atoms with Crippen LogP contribution in [0.4, 0.5) is 5.82 Å². The highest BCUT2D eigenvalue weighted by Gasteiger charge is 2.35. The third-order valence-corrected chi connectivity index (χ3v) is 3.99. The first kappa shape index (κ1) is 12.0. The molecule has 0 aliphatic heterocycles. The first-order valence-electron chi connectivity index (χ1n) is 6.16. The zero-order chi connectivity index (χ0) is 12.5. The third kappa shape index (κ3) is 2.14. The fourth-order valence-corrected chi connectivity index (χ4v) is 2.42. The minimum absolute atomic E-state index is 0.117. The molecule has 17 heavy (non-hydrogen) atoms. The second-order valence-corrected chi connectivity index (χ2v) is 5.00. The van der Waals surface area contributed by atoms with E-state index in [1.807, 2.05) is 0 Å². The van der Waals surface area contributed by atoms with Crippen molar-refractivity contribution in [3.8, 4) is 0 Å². The number of carbonyl (C=O) groups excluding carboxylic acids is 1. The molecule has 5 heteroatoms. The van der Waals surface area contributed by atoms with Gasteiger partial charge in [-0.2, -0.15) is 5.10 Å². The number of nitrogens with zero attached hydrogens (tertiary/aromatic N) is 1. The van der Waals surface area contributed by atoms with Crippen LogP contribution in [-0.2, 0) is 0 Å². The minimum atomic E-state index is -0.117. The third-order valence-electron chi connectivity index (χ3n) is 3.99. The second-order valence-electron chi connectivity index (χ2n) is 5.00. The number of aryl methyl sites for hydroxylation is 1. The SMILES string of the molecule is CCC1(CNC(=O)c2c(N)n[nH]c2C)CCC1. The van der Waals surface area contributed by atoms with Crippen molar-refractivity contribution in [1.82, 2.24) is 15.5 Å². The summed E-state index contributed by atoms with van der Waals surface area (Å²) in [6.07, 6.45) is 4.82. The highest BCUT2D eigenvalue weighted by molar-refractivity contribution is 5.99. The normalized spacial score (nSPS) is 17.5. The number of anilines is 1. The highest BCUT2D eigenvalue weighted by Crippen LogP contribution is 2.43. The molecule has 1 fully saturated rings. The molecule has 1 saturated carbocycles. The van der Waals surface area contributed by atoms with Gasteiger partial charge in [0, 0.05) is 12.2 Å². The Morgan fingerprint density at radius 1 is 1.59 bits per heavy atom. The molecule has 1 heterocycles. The first-order valence-corrected chi connectivity index (χ1v) is 6.16. The fraction of sp³-hybridized carbons (Fsp3) is 0.667. The van der Waals surface area contributed by atoms with Crippen LogP contribution in [-0.4, -0.2) is 22.6 Å². The van der Waals surface area contributed by atoms with E-state index in [2.05, 4.69) is 22.4 Å². The van der Waals surface area contributed by atoms with Gasteiger partial charge >= 0.3 is 0 Å². The van der Waals surface area contributed by atoms with Crippen LogP contribution in [0.5, 0.6) is 0 Å². The molecule has 0 radical (unpaired) electrons. The largest absolute Gasteiger partial charge is 0.382 e. The van der Waals surface area contributed by atoms with Crippen molar-refractivity contribution in [3.05, 3.63) is 11.3 Å². The van der Waals surface area contributed by atoms with Crippen LogP contribution in [0.3, 0.4) is 0 Å². The Hall–Kier alpha value is -1.52. The summed E-state index contributed by atoms with van der Waals surface area (Å²) in [4.78, 5) is 12.0. The van der Waals surface area contributed by atoms with Gasteiger partial charge in [0.2, 0.25) is 0 Å². The smallest absolute Gasteiger partial charge is 0.256 e. The lowest BCUT2D eigenvalue weighted by molar-refractivity contribution is 0.0850. The Bertz CT molecular complexity index is 395. The Morgan fingerprint density at radius 2 is 2.29 bits per heavy atom. The number of aromatic amines is 1. The van der Waals surface area contributed by atoms with Crippen LogP contribution in [0.15, 0.2) is 0 Å². The fourth-order valence-electron chi connectivity index (χ4n) is 2.42. The van der Waals surface area contributed by atoms with Gasteiger partial charge in [0.25, 0.3) is 5.91 Å². The number of nitrogen functional groups attached to an aromatic ring is 1. The predicted molar refractivity (Wildman–Crippen MR) is 66.6 cm³/mol. The molecule has 2 rings (SSSR count). The summed E-state index contributed by atoms with van der Waals surface area (Å²) in [7, 11) is 0. The van der Waals surface area contributed by atoms with Gasteiger partial charge < -0.3 is 11.1 Å². The Labute approximate surface area is 101 Å². The van der Waals surface area contributed by atoms with E-state index >= 15 is 0 Å². The highest BCUT2D eigenvalue weighted by atomic mass is 16.1. The first-order chi connectivity index (χ1) is 8.08. The van der Waals surface area contributed by atoms with Crippen molar-refractivity contribution in [3.63, 3.8) is 0 Å². The Morgan fingerprint density at radius 3 is 2.71 bits per heavy atom. The van der Waals surface area contributed by atoms with Gasteiger partial charge in [0.05, 0.1) is 0 Å². The van der Waals surface area contributed by atoms with Gasteiger partial charge in [-0.15, -0.1) is 0 Å². The Kier molecular flexibility index (Phi) is 3.09. The zero-order valence-electron chi connectivity index (χ0n) is 10.5. The van der Waals surface area contributed by atoms with Crippen LogP contribution in [0.25, 0.3) is 0 Å². The zero-order valence-corrected chi connectivity index (χ0v) is 10.5. The molecule has 1 aliphatic carbocycles. The maximum absolute atomic E-state index is 12.0. The molecule has 0 spiro atoms. The number of rotatable bonds is 4. The number of H-pyrrole nitrogens is 1. The number of aromatic nitrogens is 2. The van der Waals surface area contributed by atoms with Gasteiger partial charge in [-0.05, 0) is 31.6 Å². The molecule has 5 nitrogen and oxygen atoms in total. The van der Waals surface area contributed by atoms with Crippen molar-refractivity contribution in [2.24, 2.45) is 5.41 Å². The quantitative estimate of drug-likeness (QED) is 0.742. The molecular weight excluding hydrogens is 216 g/mol. The molecule has 1 aromatic rings. The summed E-state index contributed by atoms with van der Waals surface area (Å²) in [6.45, 7) is 4.73. The molecule has 1 aromatic heterocycles. The van der Waals surface area contributed by atoms with Crippen molar-refractivity contribution in [1.29, 1.82) is 0 Å². The average molecular weight is 236 g/mol. The number of amides is 1. The summed E-state index contributed by atoms with van der Waals surface area (Å²) >= 11 is 0. The van der Waals surface area contributed by atoms with Crippen LogP contribution < -0.4 is 11.1 Å². The van der Waals surface area contributed by atoms with Crippen molar-refractivity contribution in [2.45, 2.75) is 39.5 Å². The van der Waals surface area contributed by atoms with E-state index in [9.17, 15) is 4.79 Å². The van der Waals surface area contributed by atoms with Crippen molar-refractivity contribution in [2.75, 3.05) is 12.3 Å². The summed E-state index contributed by atoms with van der Waals surface area (Å²) < 4.78 is 0. The van der Waals surface area contributed by atoms with Gasteiger partial charge in [-0.3, -0.25) is 9.89 Å². The molecule has 0 saturated heterocycles. The molecular formula is C12H20N4O. The molecule has 4 N–H and O–H groups in total. The maximum Gasteiger partial charge on any atom is 0.256 e. The number of hydrogen-bond donors (Lipinski definition) is 3. The van der Waals surface area contributed by atoms with E-state index in [4.69, 9.17) is 5.73 Å². The number of nitrogens with one attached hydrogen (secondary N) is 2. The number of hydrogen-bond acceptors (Lipinski definition) is 3. The van der Waals surface area contributed by atoms with E-state index in [0.717, 1.165) is 18.7 Å². The van der Waals surface area contributed by atoms with E-state index < -0.39 is 0 Å². The van der Waals surface area contributed by atoms with Crippen LogP contribution in [0.1, 0.15) is 48.7 Å². The van der Waals surface area contributed by atoms with Gasteiger partial charge in [-0.25, -0.2) is 0 Å². The monoisotopic (exact) mass is 236 g/mol. The predicted octanol–water partition coefficient (Wildman–Crippen LogP) is 1.61. The van der Waals surface area contributed by atoms with Crippen LogP contribution >= 0.6 is 0 Å². The lowest BCUT2D eigenvalue weighted by Gasteiger charge is -2.41. The Balaban J connectivity index is 1.98. The summed E-state index contributed by atoms with van der Waals surface area (Å²) in [5, 5.41) is 9.53. The average Bonchev–Trinajstić information content (AvgIpc) is 2.57. The van der Waals surface area contributed by atoms with Gasteiger partial charge in [0.15, 0.2) is 5.82 Å². The minimum Gasteiger partial charge on any atom is -0.382 e. The maximum atomic E-state index is 12.0. The molecule has 1 amide bonds. The second kappa shape index (κ2) is 4.39. The summed E-state index contributed by atoms with van der Waals surface area (Å²) in [5.74, 6) is 0.160. The lowest BCUT2D eigenvalue weighted by atomic mass is 9.67. The van der Waals surface area contributed by atoms with E-state index in [1.54, 1.807) is 6.92 Å². The topological polar surface area (TPSA) is 83.8 Å². The summed E-state index contributed by atoms with van der Waals surface area (Å²) in [6, 6.07) is 0.